The first kappa shape index (κ1) is 7.31. The van der Waals surface area contributed by atoms with Crippen LogP contribution >= 0.6 is 0 Å². The van der Waals surface area contributed by atoms with E-state index in [1.54, 1.807) is 10.4 Å². The van der Waals surface area contributed by atoms with Gasteiger partial charge in [-0.2, -0.15) is 0 Å². The van der Waals surface area contributed by atoms with Gasteiger partial charge in [0, 0.05) is 6.61 Å². The van der Waals surface area contributed by atoms with E-state index >= 15 is 0 Å². The molecule has 0 saturated carbocycles. The second kappa shape index (κ2) is 2.08. The van der Waals surface area contributed by atoms with E-state index in [2.05, 4.69) is 19.2 Å². The molecule has 0 spiro atoms. The molecule has 0 saturated heterocycles. The summed E-state index contributed by atoms with van der Waals surface area (Å²) in [5.74, 6) is 0. The molecule has 2 aliphatic heterocycles. The third-order valence-electron chi connectivity index (χ3n) is 2.99. The highest BCUT2D eigenvalue weighted by Gasteiger charge is 2.46. The Morgan fingerprint density at radius 2 is 2.27 bits per heavy atom. The van der Waals surface area contributed by atoms with Gasteiger partial charge in [-0.3, -0.25) is 0 Å². The summed E-state index contributed by atoms with van der Waals surface area (Å²) in [7, 11) is -1.02. The molecule has 0 aromatic heterocycles. The summed E-state index contributed by atoms with van der Waals surface area (Å²) in [5, 5.41) is 12.1. The Labute approximate surface area is 68.4 Å². The maximum absolute atomic E-state index is 8.79. The lowest BCUT2D eigenvalue weighted by Crippen LogP contribution is -2.39. The molecule has 2 heterocycles. The molecule has 1 N–H and O–H groups in total. The Hall–Kier alpha value is -0.343. The summed E-state index contributed by atoms with van der Waals surface area (Å²) in [6.45, 7) is 5.13. The standard InChI is InChI=1S/C9H14OSi/c1-11(2)8-3-4-9(11)7(8)5-6-10/h3,10H,4-6H2,1-2H3. The number of rotatable bonds is 2. The van der Waals surface area contributed by atoms with E-state index in [4.69, 9.17) is 5.11 Å². The second-order valence-electron chi connectivity index (χ2n) is 3.88. The Balaban J connectivity index is 2.28. The Morgan fingerprint density at radius 1 is 1.55 bits per heavy atom. The van der Waals surface area contributed by atoms with Crippen molar-refractivity contribution in [3.63, 3.8) is 0 Å². The van der Waals surface area contributed by atoms with Crippen molar-refractivity contribution in [3.05, 3.63) is 22.0 Å². The molecule has 0 atom stereocenters. The van der Waals surface area contributed by atoms with Crippen molar-refractivity contribution in [3.8, 4) is 0 Å². The number of allylic oxidation sites excluding steroid dienone is 3. The summed E-state index contributed by atoms with van der Waals surface area (Å²) in [6, 6.07) is 0. The minimum Gasteiger partial charge on any atom is -0.396 e. The predicted molar refractivity (Wildman–Crippen MR) is 48.9 cm³/mol. The molecule has 3 rings (SSSR count). The minimum atomic E-state index is -1.02. The minimum absolute atomic E-state index is 0.320. The van der Waals surface area contributed by atoms with Crippen LogP contribution in [0.2, 0.25) is 13.1 Å². The van der Waals surface area contributed by atoms with Crippen molar-refractivity contribution >= 4 is 8.07 Å². The second-order valence-corrected chi connectivity index (χ2v) is 8.27. The first-order valence-corrected chi connectivity index (χ1v) is 7.22. The normalized spacial score (nSPS) is 25.2. The third-order valence-corrected chi connectivity index (χ3v) is 6.86. The molecule has 60 valence electrons. The van der Waals surface area contributed by atoms with Crippen LogP contribution in [0.15, 0.2) is 22.0 Å². The molecule has 1 nitrogen and oxygen atoms in total. The fourth-order valence-electron chi connectivity index (χ4n) is 2.38. The highest BCUT2D eigenvalue weighted by molar-refractivity contribution is 6.96. The molecule has 0 fully saturated rings. The highest BCUT2D eigenvalue weighted by atomic mass is 28.3. The molecule has 2 bridgehead atoms. The SMILES string of the molecule is C[Si]1(C)C2=CCC1=C2CCO. The molecular formula is C9H14OSi. The quantitative estimate of drug-likeness (QED) is 0.620. The number of aliphatic hydroxyl groups excluding tert-OH is 1. The summed E-state index contributed by atoms with van der Waals surface area (Å²) in [5.41, 5.74) is 1.50. The van der Waals surface area contributed by atoms with Gasteiger partial charge in [0.05, 0.1) is 0 Å². The van der Waals surface area contributed by atoms with Gasteiger partial charge >= 0.3 is 0 Å². The number of aliphatic hydroxyl groups is 1. The van der Waals surface area contributed by atoms with Gasteiger partial charge in [-0.15, -0.1) is 0 Å². The summed E-state index contributed by atoms with van der Waals surface area (Å²) in [4.78, 5) is 0. The summed E-state index contributed by atoms with van der Waals surface area (Å²) in [6.07, 6.45) is 4.47. The third kappa shape index (κ3) is 0.740. The van der Waals surface area contributed by atoms with E-state index < -0.39 is 8.07 Å². The Bertz CT molecular complexity index is 261. The molecule has 1 aliphatic carbocycles. The average molecular weight is 166 g/mol. The lowest BCUT2D eigenvalue weighted by Gasteiger charge is -2.36. The highest BCUT2D eigenvalue weighted by Crippen LogP contribution is 2.50. The van der Waals surface area contributed by atoms with Crippen LogP contribution in [-0.4, -0.2) is 19.8 Å². The van der Waals surface area contributed by atoms with Crippen LogP contribution in [0.4, 0.5) is 0 Å². The maximum Gasteiger partial charge on any atom is 0.108 e. The Morgan fingerprint density at radius 3 is 2.64 bits per heavy atom. The van der Waals surface area contributed by atoms with Gasteiger partial charge in [-0.25, -0.2) is 0 Å². The van der Waals surface area contributed by atoms with Crippen LogP contribution in [0, 0.1) is 0 Å². The topological polar surface area (TPSA) is 20.2 Å². The first-order chi connectivity index (χ1) is 5.18. The number of hydrogen-bond donors (Lipinski definition) is 1. The maximum atomic E-state index is 8.79. The lowest BCUT2D eigenvalue weighted by molar-refractivity contribution is 0.299. The van der Waals surface area contributed by atoms with E-state index in [1.807, 2.05) is 0 Å². The van der Waals surface area contributed by atoms with E-state index in [1.165, 1.54) is 12.0 Å². The average Bonchev–Trinajstić information content (AvgIpc) is 2.46. The molecule has 0 radical (unpaired) electrons. The molecule has 2 heteroatoms. The lowest BCUT2D eigenvalue weighted by atomic mass is 10.2. The zero-order valence-corrected chi connectivity index (χ0v) is 8.15. The molecule has 0 aromatic rings. The van der Waals surface area contributed by atoms with E-state index in [-0.39, 0.29) is 0 Å². The van der Waals surface area contributed by atoms with E-state index in [9.17, 15) is 0 Å². The molecule has 3 aliphatic rings. The predicted octanol–water partition coefficient (Wildman–Crippen LogP) is 1.80. The first-order valence-electron chi connectivity index (χ1n) is 4.22. The van der Waals surface area contributed by atoms with E-state index in [0.29, 0.717) is 6.61 Å². The van der Waals surface area contributed by atoms with Gasteiger partial charge < -0.3 is 5.11 Å². The largest absolute Gasteiger partial charge is 0.396 e. The van der Waals surface area contributed by atoms with Gasteiger partial charge in [0.1, 0.15) is 8.07 Å². The molecule has 11 heavy (non-hydrogen) atoms. The van der Waals surface area contributed by atoms with Crippen molar-refractivity contribution in [2.45, 2.75) is 25.9 Å². The van der Waals surface area contributed by atoms with Crippen LogP contribution < -0.4 is 0 Å². The van der Waals surface area contributed by atoms with Gasteiger partial charge in [0.2, 0.25) is 0 Å². The zero-order valence-electron chi connectivity index (χ0n) is 7.15. The van der Waals surface area contributed by atoms with Gasteiger partial charge in [-0.05, 0) is 12.8 Å². The van der Waals surface area contributed by atoms with Crippen molar-refractivity contribution < 1.29 is 5.11 Å². The Kier molecular flexibility index (Phi) is 1.38. The fraction of sp³-hybridized carbons (Fsp3) is 0.556. The van der Waals surface area contributed by atoms with Crippen LogP contribution in [0.3, 0.4) is 0 Å². The fourth-order valence-corrected chi connectivity index (χ4v) is 5.78. The molecule has 0 unspecified atom stereocenters. The summed E-state index contributed by atoms with van der Waals surface area (Å²) < 4.78 is 0. The smallest absolute Gasteiger partial charge is 0.108 e. The van der Waals surface area contributed by atoms with Gasteiger partial charge in [-0.1, -0.05) is 35.1 Å². The van der Waals surface area contributed by atoms with Crippen LogP contribution in [0.1, 0.15) is 12.8 Å². The van der Waals surface area contributed by atoms with Crippen molar-refractivity contribution in [1.29, 1.82) is 0 Å². The van der Waals surface area contributed by atoms with Crippen molar-refractivity contribution in [2.24, 2.45) is 0 Å². The van der Waals surface area contributed by atoms with Crippen LogP contribution in [0.25, 0.3) is 0 Å². The van der Waals surface area contributed by atoms with Gasteiger partial charge in [0.15, 0.2) is 0 Å². The van der Waals surface area contributed by atoms with Crippen LogP contribution in [0.5, 0.6) is 0 Å². The monoisotopic (exact) mass is 166 g/mol. The van der Waals surface area contributed by atoms with Crippen molar-refractivity contribution in [1.82, 2.24) is 0 Å². The summed E-state index contributed by atoms with van der Waals surface area (Å²) >= 11 is 0. The van der Waals surface area contributed by atoms with Crippen molar-refractivity contribution in [2.75, 3.05) is 6.61 Å². The molecule has 0 aromatic carbocycles. The van der Waals surface area contributed by atoms with E-state index in [0.717, 1.165) is 6.42 Å². The van der Waals surface area contributed by atoms with Crippen LogP contribution in [-0.2, 0) is 0 Å². The zero-order chi connectivity index (χ0) is 8.06. The number of hydrogen-bond acceptors (Lipinski definition) is 1. The molecule has 0 amide bonds. The molecular weight excluding hydrogens is 152 g/mol. The number of fused-ring (bicyclic) bond motifs is 1. The van der Waals surface area contributed by atoms with Gasteiger partial charge in [0.25, 0.3) is 0 Å².